The second-order valence-corrected chi connectivity index (χ2v) is 2.80. The summed E-state index contributed by atoms with van der Waals surface area (Å²) in [7, 11) is 4.47. The zero-order valence-corrected chi connectivity index (χ0v) is 9.09. The molecule has 2 aromatic heterocycles. The molecule has 2 aromatic rings. The van der Waals surface area contributed by atoms with Crippen LogP contribution in [0.2, 0.25) is 0 Å². The van der Waals surface area contributed by atoms with E-state index in [1.807, 2.05) is 0 Å². The number of ether oxygens (including phenoxy) is 3. The van der Waals surface area contributed by atoms with Crippen LogP contribution >= 0.6 is 0 Å². The van der Waals surface area contributed by atoms with Gasteiger partial charge in [0, 0.05) is 0 Å². The third kappa shape index (κ3) is 1.56. The van der Waals surface area contributed by atoms with Gasteiger partial charge in [0.25, 0.3) is 0 Å². The topological polar surface area (TPSA) is 79.2 Å². The summed E-state index contributed by atoms with van der Waals surface area (Å²) in [5, 5.41) is 0. The Hall–Kier alpha value is -2.18. The van der Waals surface area contributed by atoms with Crippen LogP contribution in [0.5, 0.6) is 17.8 Å². The Morgan fingerprint density at radius 3 is 2.19 bits per heavy atom. The summed E-state index contributed by atoms with van der Waals surface area (Å²) in [5.41, 5.74) is 0.934. The minimum Gasteiger partial charge on any atom is -0.479 e. The molecule has 0 saturated heterocycles. The number of aromatic nitrogens is 4. The highest BCUT2D eigenvalue weighted by Crippen LogP contribution is 2.27. The summed E-state index contributed by atoms with van der Waals surface area (Å²) >= 11 is 0. The van der Waals surface area contributed by atoms with Gasteiger partial charge in [-0.05, 0) is 0 Å². The maximum atomic E-state index is 5.09. The smallest absolute Gasteiger partial charge is 0.320 e. The molecule has 0 amide bonds. The largest absolute Gasteiger partial charge is 0.479 e. The molecular formula is C9H10N4O3. The number of fused-ring (bicyclic) bond motifs is 1. The Morgan fingerprint density at radius 2 is 1.56 bits per heavy atom. The minimum absolute atomic E-state index is 0.178. The fourth-order valence-electron chi connectivity index (χ4n) is 1.26. The summed E-state index contributed by atoms with van der Waals surface area (Å²) in [5.74, 6) is 0.673. The van der Waals surface area contributed by atoms with E-state index in [0.29, 0.717) is 22.8 Å². The quantitative estimate of drug-likeness (QED) is 0.745. The highest BCUT2D eigenvalue weighted by Gasteiger charge is 2.14. The van der Waals surface area contributed by atoms with Crippen molar-refractivity contribution in [3.63, 3.8) is 0 Å². The van der Waals surface area contributed by atoms with Gasteiger partial charge in [-0.15, -0.1) is 0 Å². The predicted molar refractivity (Wildman–Crippen MR) is 54.8 cm³/mol. The maximum absolute atomic E-state index is 5.09. The Balaban J connectivity index is 2.78. The van der Waals surface area contributed by atoms with Gasteiger partial charge in [-0.2, -0.15) is 15.0 Å². The van der Waals surface area contributed by atoms with Gasteiger partial charge < -0.3 is 14.2 Å². The third-order valence-electron chi connectivity index (χ3n) is 1.97. The van der Waals surface area contributed by atoms with Crippen molar-refractivity contribution < 1.29 is 14.2 Å². The van der Waals surface area contributed by atoms with Crippen LogP contribution in [0.15, 0.2) is 6.33 Å². The van der Waals surface area contributed by atoms with Crippen molar-refractivity contribution in [1.29, 1.82) is 0 Å². The first kappa shape index (κ1) is 10.3. The van der Waals surface area contributed by atoms with Crippen molar-refractivity contribution >= 4 is 11.0 Å². The van der Waals surface area contributed by atoms with E-state index in [2.05, 4.69) is 19.9 Å². The second-order valence-electron chi connectivity index (χ2n) is 2.80. The average Bonchev–Trinajstić information content (AvgIpc) is 2.36. The Kier molecular flexibility index (Phi) is 2.67. The number of methoxy groups -OCH3 is 3. The number of rotatable bonds is 3. The molecule has 0 unspecified atom stereocenters. The van der Waals surface area contributed by atoms with E-state index in [0.717, 1.165) is 0 Å². The van der Waals surface area contributed by atoms with Crippen LogP contribution in [-0.4, -0.2) is 41.3 Å². The molecule has 0 aliphatic carbocycles. The van der Waals surface area contributed by atoms with Crippen LogP contribution in [0, 0.1) is 0 Å². The zero-order valence-electron chi connectivity index (χ0n) is 9.09. The molecule has 16 heavy (non-hydrogen) atoms. The van der Waals surface area contributed by atoms with Crippen LogP contribution in [0.4, 0.5) is 0 Å². The first-order chi connectivity index (χ1) is 7.80. The van der Waals surface area contributed by atoms with E-state index in [1.165, 1.54) is 27.7 Å². The van der Waals surface area contributed by atoms with E-state index in [-0.39, 0.29) is 6.01 Å². The number of hydrogen-bond donors (Lipinski definition) is 0. The molecule has 0 aromatic carbocycles. The predicted octanol–water partition coefficient (Wildman–Crippen LogP) is 0.446. The molecule has 0 aliphatic rings. The van der Waals surface area contributed by atoms with Gasteiger partial charge in [0.2, 0.25) is 11.8 Å². The highest BCUT2D eigenvalue weighted by atomic mass is 16.5. The van der Waals surface area contributed by atoms with Gasteiger partial charge in [0.05, 0.1) is 21.3 Å². The lowest BCUT2D eigenvalue weighted by molar-refractivity contribution is 0.354. The molecule has 0 aliphatic heterocycles. The normalized spacial score (nSPS) is 10.2. The fraction of sp³-hybridized carbons (Fsp3) is 0.333. The standard InChI is InChI=1S/C9H10N4O3/c1-14-7-6-5(10-4-11-7)8(15-2)13-9(12-6)16-3/h4H,1-3H3. The summed E-state index contributed by atoms with van der Waals surface area (Å²) in [6.45, 7) is 0. The highest BCUT2D eigenvalue weighted by molar-refractivity contribution is 5.83. The van der Waals surface area contributed by atoms with Gasteiger partial charge in [-0.1, -0.05) is 0 Å². The van der Waals surface area contributed by atoms with Crippen molar-refractivity contribution in [2.24, 2.45) is 0 Å². The molecule has 0 saturated carbocycles. The van der Waals surface area contributed by atoms with Crippen molar-refractivity contribution in [1.82, 2.24) is 19.9 Å². The van der Waals surface area contributed by atoms with E-state index < -0.39 is 0 Å². The lowest BCUT2D eigenvalue weighted by atomic mass is 10.4. The van der Waals surface area contributed by atoms with Crippen LogP contribution in [-0.2, 0) is 0 Å². The lowest BCUT2D eigenvalue weighted by Crippen LogP contribution is -2.00. The summed E-state index contributed by atoms with van der Waals surface area (Å²) in [6, 6.07) is 0.178. The fourth-order valence-corrected chi connectivity index (χ4v) is 1.26. The molecule has 2 heterocycles. The summed E-state index contributed by atoms with van der Waals surface area (Å²) in [6.07, 6.45) is 1.36. The number of nitrogens with zero attached hydrogens (tertiary/aromatic N) is 4. The maximum Gasteiger partial charge on any atom is 0.320 e. The summed E-state index contributed by atoms with van der Waals surface area (Å²) < 4.78 is 15.1. The molecule has 0 bridgehead atoms. The first-order valence-corrected chi connectivity index (χ1v) is 4.45. The van der Waals surface area contributed by atoms with Crippen molar-refractivity contribution in [3.8, 4) is 17.8 Å². The van der Waals surface area contributed by atoms with Crippen molar-refractivity contribution in [2.45, 2.75) is 0 Å². The van der Waals surface area contributed by atoms with Gasteiger partial charge in [-0.3, -0.25) is 0 Å². The van der Waals surface area contributed by atoms with Crippen LogP contribution < -0.4 is 14.2 Å². The second kappa shape index (κ2) is 4.13. The van der Waals surface area contributed by atoms with Crippen molar-refractivity contribution in [3.05, 3.63) is 6.33 Å². The van der Waals surface area contributed by atoms with E-state index in [9.17, 15) is 0 Å². The van der Waals surface area contributed by atoms with E-state index in [1.54, 1.807) is 0 Å². The Labute approximate surface area is 91.4 Å². The monoisotopic (exact) mass is 222 g/mol. The zero-order chi connectivity index (χ0) is 11.5. The molecule has 7 nitrogen and oxygen atoms in total. The van der Waals surface area contributed by atoms with Crippen LogP contribution in [0.25, 0.3) is 11.0 Å². The Bertz CT molecular complexity index is 517. The van der Waals surface area contributed by atoms with E-state index in [4.69, 9.17) is 14.2 Å². The van der Waals surface area contributed by atoms with E-state index >= 15 is 0 Å². The Morgan fingerprint density at radius 1 is 0.812 bits per heavy atom. The lowest BCUT2D eigenvalue weighted by Gasteiger charge is -2.07. The number of hydrogen-bond acceptors (Lipinski definition) is 7. The molecule has 7 heteroatoms. The summed E-state index contributed by atoms with van der Waals surface area (Å²) in [4.78, 5) is 16.1. The van der Waals surface area contributed by atoms with Gasteiger partial charge in [0.1, 0.15) is 6.33 Å². The molecule has 0 atom stereocenters. The molecular weight excluding hydrogens is 212 g/mol. The van der Waals surface area contributed by atoms with Gasteiger partial charge >= 0.3 is 6.01 Å². The minimum atomic E-state index is 0.178. The molecule has 0 radical (unpaired) electrons. The van der Waals surface area contributed by atoms with Gasteiger partial charge in [0.15, 0.2) is 11.0 Å². The van der Waals surface area contributed by atoms with Crippen LogP contribution in [0.1, 0.15) is 0 Å². The van der Waals surface area contributed by atoms with Gasteiger partial charge in [-0.25, -0.2) is 4.98 Å². The molecule has 0 spiro atoms. The third-order valence-corrected chi connectivity index (χ3v) is 1.97. The molecule has 0 N–H and O–H groups in total. The SMILES string of the molecule is COc1nc(OC)c2ncnc(OC)c2n1. The average molecular weight is 222 g/mol. The van der Waals surface area contributed by atoms with Crippen molar-refractivity contribution in [2.75, 3.05) is 21.3 Å². The first-order valence-electron chi connectivity index (χ1n) is 4.45. The molecule has 0 fully saturated rings. The molecule has 84 valence electrons. The molecule has 2 rings (SSSR count). The van der Waals surface area contributed by atoms with Crippen LogP contribution in [0.3, 0.4) is 0 Å².